The van der Waals surface area contributed by atoms with Crippen LogP contribution in [0.4, 0.5) is 16.2 Å². The molecule has 118 valence electrons. The third-order valence-electron chi connectivity index (χ3n) is 3.67. The van der Waals surface area contributed by atoms with Crippen LogP contribution in [0.3, 0.4) is 0 Å². The van der Waals surface area contributed by atoms with Crippen LogP contribution in [0.1, 0.15) is 5.56 Å². The highest BCUT2D eigenvalue weighted by Crippen LogP contribution is 2.27. The number of urea groups is 1. The average Bonchev–Trinajstić information content (AvgIpc) is 2.97. The van der Waals surface area contributed by atoms with E-state index in [0.29, 0.717) is 17.3 Å². The molecule has 1 heterocycles. The van der Waals surface area contributed by atoms with Crippen LogP contribution < -0.4 is 15.5 Å². The number of nitrogens with one attached hydrogen (secondary N) is 2. The maximum atomic E-state index is 12.3. The predicted octanol–water partition coefficient (Wildman–Crippen LogP) is 3.05. The zero-order valence-electron chi connectivity index (χ0n) is 12.4. The molecule has 6 heteroatoms. The number of para-hydroxylation sites is 1. The van der Waals surface area contributed by atoms with E-state index < -0.39 is 6.03 Å². The van der Waals surface area contributed by atoms with Crippen LogP contribution in [0.5, 0.6) is 0 Å². The fourth-order valence-corrected chi connectivity index (χ4v) is 2.78. The van der Waals surface area contributed by atoms with Gasteiger partial charge in [0, 0.05) is 22.9 Å². The molecule has 0 radical (unpaired) electrons. The molecule has 1 aliphatic rings. The van der Waals surface area contributed by atoms with Crippen molar-refractivity contribution in [3.05, 3.63) is 59.1 Å². The van der Waals surface area contributed by atoms with Gasteiger partial charge in [-0.15, -0.1) is 0 Å². The number of fused-ring (bicyclic) bond motifs is 1. The Bertz CT molecular complexity index is 748. The van der Waals surface area contributed by atoms with Crippen molar-refractivity contribution in [2.24, 2.45) is 0 Å². The fourth-order valence-electron chi connectivity index (χ4n) is 2.59. The number of hydrogen-bond donors (Lipinski definition) is 2. The quantitative estimate of drug-likeness (QED) is 0.909. The van der Waals surface area contributed by atoms with E-state index in [1.54, 1.807) is 29.2 Å². The molecule has 0 bridgehead atoms. The molecule has 2 aromatic carbocycles. The molecule has 5 nitrogen and oxygen atoms in total. The van der Waals surface area contributed by atoms with Crippen molar-refractivity contribution in [2.75, 3.05) is 23.3 Å². The van der Waals surface area contributed by atoms with E-state index in [4.69, 9.17) is 11.6 Å². The van der Waals surface area contributed by atoms with Gasteiger partial charge in [-0.3, -0.25) is 4.79 Å². The molecule has 0 atom stereocenters. The summed E-state index contributed by atoms with van der Waals surface area (Å²) in [5, 5.41) is 5.75. The number of nitrogens with zero attached hydrogens (tertiary/aromatic N) is 1. The molecule has 0 aromatic heterocycles. The normalized spacial score (nSPS) is 12.7. The second-order valence-corrected chi connectivity index (χ2v) is 5.68. The van der Waals surface area contributed by atoms with Crippen LogP contribution in [0.15, 0.2) is 48.5 Å². The zero-order chi connectivity index (χ0) is 16.2. The summed E-state index contributed by atoms with van der Waals surface area (Å²) in [6, 6.07) is 14.2. The van der Waals surface area contributed by atoms with Crippen LogP contribution in [0.2, 0.25) is 5.02 Å². The summed E-state index contributed by atoms with van der Waals surface area (Å²) in [5.74, 6) is -0.129. The smallest absolute Gasteiger partial charge is 0.319 e. The Kier molecular flexibility index (Phi) is 4.48. The highest BCUT2D eigenvalue weighted by molar-refractivity contribution is 6.30. The van der Waals surface area contributed by atoms with Crippen molar-refractivity contribution in [1.29, 1.82) is 0 Å². The molecular formula is C17H16ClN3O2. The molecule has 2 aromatic rings. The lowest BCUT2D eigenvalue weighted by atomic mass is 10.2. The van der Waals surface area contributed by atoms with Gasteiger partial charge in [0.2, 0.25) is 5.91 Å². The fraction of sp³-hybridized carbons (Fsp3) is 0.176. The standard InChI is InChI=1S/C17H16ClN3O2/c18-13-5-3-6-14(10-13)20-17(23)19-11-16(22)21-9-8-12-4-1-2-7-15(12)21/h1-7,10H,8-9,11H2,(H2,19,20,23). The number of rotatable bonds is 3. The summed E-state index contributed by atoms with van der Waals surface area (Å²) in [6.07, 6.45) is 0.844. The number of anilines is 2. The lowest BCUT2D eigenvalue weighted by Gasteiger charge is -2.17. The first kappa shape index (κ1) is 15.4. The SMILES string of the molecule is O=C(NCC(=O)N1CCc2ccccc21)Nc1cccc(Cl)c1. The maximum Gasteiger partial charge on any atom is 0.319 e. The Morgan fingerprint density at radius 1 is 1.13 bits per heavy atom. The highest BCUT2D eigenvalue weighted by Gasteiger charge is 2.24. The van der Waals surface area contributed by atoms with Crippen LogP contribution in [-0.2, 0) is 11.2 Å². The van der Waals surface area contributed by atoms with Crippen LogP contribution >= 0.6 is 11.6 Å². The summed E-state index contributed by atoms with van der Waals surface area (Å²) >= 11 is 5.86. The Labute approximate surface area is 139 Å². The lowest BCUT2D eigenvalue weighted by Crippen LogP contribution is -2.41. The summed E-state index contributed by atoms with van der Waals surface area (Å²) in [4.78, 5) is 25.8. The van der Waals surface area contributed by atoms with Gasteiger partial charge in [-0.25, -0.2) is 4.79 Å². The molecule has 3 rings (SSSR count). The molecule has 0 saturated heterocycles. The first-order valence-electron chi connectivity index (χ1n) is 7.32. The van der Waals surface area contributed by atoms with Crippen molar-refractivity contribution < 1.29 is 9.59 Å². The second-order valence-electron chi connectivity index (χ2n) is 5.24. The summed E-state index contributed by atoms with van der Waals surface area (Å²) in [6.45, 7) is 0.594. The molecule has 3 amide bonds. The van der Waals surface area contributed by atoms with Gasteiger partial charge < -0.3 is 15.5 Å². The molecule has 0 aliphatic carbocycles. The maximum absolute atomic E-state index is 12.3. The van der Waals surface area contributed by atoms with Crippen molar-refractivity contribution in [3.8, 4) is 0 Å². The second kappa shape index (κ2) is 6.71. The molecular weight excluding hydrogens is 314 g/mol. The van der Waals surface area contributed by atoms with E-state index in [1.807, 2.05) is 24.3 Å². The average molecular weight is 330 g/mol. The number of amides is 3. The van der Waals surface area contributed by atoms with Gasteiger partial charge in [-0.05, 0) is 36.2 Å². The van der Waals surface area contributed by atoms with Gasteiger partial charge in [0.25, 0.3) is 0 Å². The first-order chi connectivity index (χ1) is 11.1. The number of halogens is 1. The van der Waals surface area contributed by atoms with Crippen LogP contribution in [-0.4, -0.2) is 25.0 Å². The van der Waals surface area contributed by atoms with Crippen molar-refractivity contribution in [2.45, 2.75) is 6.42 Å². The number of hydrogen-bond acceptors (Lipinski definition) is 2. The number of carbonyl (C=O) groups excluding carboxylic acids is 2. The van der Waals surface area contributed by atoms with Gasteiger partial charge in [-0.1, -0.05) is 35.9 Å². The van der Waals surface area contributed by atoms with Crippen LogP contribution in [0.25, 0.3) is 0 Å². The molecule has 1 aliphatic heterocycles. The Hall–Kier alpha value is -2.53. The number of carbonyl (C=O) groups is 2. The Balaban J connectivity index is 1.54. The largest absolute Gasteiger partial charge is 0.329 e. The van der Waals surface area contributed by atoms with E-state index >= 15 is 0 Å². The minimum absolute atomic E-state index is 0.0548. The molecule has 0 spiro atoms. The van der Waals surface area contributed by atoms with Gasteiger partial charge in [0.1, 0.15) is 0 Å². The van der Waals surface area contributed by atoms with E-state index in [-0.39, 0.29) is 12.5 Å². The number of benzene rings is 2. The van der Waals surface area contributed by atoms with E-state index in [0.717, 1.165) is 17.7 Å². The van der Waals surface area contributed by atoms with E-state index in [9.17, 15) is 9.59 Å². The van der Waals surface area contributed by atoms with Gasteiger partial charge in [-0.2, -0.15) is 0 Å². The summed E-state index contributed by atoms with van der Waals surface area (Å²) < 4.78 is 0. The van der Waals surface area contributed by atoms with E-state index in [2.05, 4.69) is 10.6 Å². The minimum atomic E-state index is -0.437. The Morgan fingerprint density at radius 2 is 1.96 bits per heavy atom. The first-order valence-corrected chi connectivity index (χ1v) is 7.70. The Morgan fingerprint density at radius 3 is 2.78 bits per heavy atom. The highest BCUT2D eigenvalue weighted by atomic mass is 35.5. The predicted molar refractivity (Wildman–Crippen MR) is 91.0 cm³/mol. The van der Waals surface area contributed by atoms with E-state index in [1.165, 1.54) is 0 Å². The third-order valence-corrected chi connectivity index (χ3v) is 3.91. The molecule has 0 saturated carbocycles. The monoisotopic (exact) mass is 329 g/mol. The van der Waals surface area contributed by atoms with Crippen molar-refractivity contribution in [1.82, 2.24) is 5.32 Å². The summed E-state index contributed by atoms with van der Waals surface area (Å²) in [5.41, 5.74) is 2.66. The van der Waals surface area contributed by atoms with Gasteiger partial charge in [0.15, 0.2) is 0 Å². The molecule has 23 heavy (non-hydrogen) atoms. The molecule has 0 fully saturated rings. The topological polar surface area (TPSA) is 61.4 Å². The van der Waals surface area contributed by atoms with Crippen LogP contribution in [0, 0.1) is 0 Å². The molecule has 0 unspecified atom stereocenters. The summed E-state index contributed by atoms with van der Waals surface area (Å²) in [7, 11) is 0. The van der Waals surface area contributed by atoms with Crippen molar-refractivity contribution >= 4 is 34.9 Å². The van der Waals surface area contributed by atoms with Gasteiger partial charge >= 0.3 is 6.03 Å². The third kappa shape index (κ3) is 3.63. The van der Waals surface area contributed by atoms with Crippen molar-refractivity contribution in [3.63, 3.8) is 0 Å². The zero-order valence-corrected chi connectivity index (χ0v) is 13.1. The lowest BCUT2D eigenvalue weighted by molar-refractivity contribution is -0.117. The van der Waals surface area contributed by atoms with Gasteiger partial charge in [0.05, 0.1) is 6.54 Å². The molecule has 2 N–H and O–H groups in total. The minimum Gasteiger partial charge on any atom is -0.329 e.